The quantitative estimate of drug-likeness (QED) is 0.583. The lowest BCUT2D eigenvalue weighted by molar-refractivity contribution is 0.0982. The van der Waals surface area contributed by atoms with E-state index in [1.807, 2.05) is 20.8 Å². The lowest BCUT2D eigenvalue weighted by Gasteiger charge is -2.20. The highest BCUT2D eigenvalue weighted by Gasteiger charge is 2.16. The first-order valence-electron chi connectivity index (χ1n) is 5.94. The van der Waals surface area contributed by atoms with Gasteiger partial charge in [0.25, 0.3) is 0 Å². The third-order valence-electron chi connectivity index (χ3n) is 2.39. The van der Waals surface area contributed by atoms with E-state index in [2.05, 4.69) is 10.6 Å². The van der Waals surface area contributed by atoms with E-state index in [1.54, 1.807) is 12.1 Å². The van der Waals surface area contributed by atoms with E-state index in [1.165, 1.54) is 0 Å². The number of nitrogens with two attached hydrogens (primary N) is 1. The number of thiocarbonyl (C=S) groups is 1. The summed E-state index contributed by atoms with van der Waals surface area (Å²) in [4.78, 5) is 12.1. The van der Waals surface area contributed by atoms with Crippen molar-refractivity contribution < 1.29 is 4.79 Å². The number of anilines is 1. The fourth-order valence-electron chi connectivity index (χ4n) is 1.42. The lowest BCUT2D eigenvalue weighted by atomic mass is 10.1. The predicted octanol–water partition coefficient (Wildman–Crippen LogP) is 3.22. The van der Waals surface area contributed by atoms with Gasteiger partial charge in [0.05, 0.1) is 22.3 Å². The number of hydrogen-bond acceptors (Lipinski definition) is 3. The average molecular weight is 334 g/mol. The fourth-order valence-corrected chi connectivity index (χ4v) is 2.11. The predicted molar refractivity (Wildman–Crippen MR) is 89.0 cm³/mol. The summed E-state index contributed by atoms with van der Waals surface area (Å²) in [6.07, 6.45) is 0. The topological polar surface area (TPSA) is 67.2 Å². The van der Waals surface area contributed by atoms with Crippen LogP contribution in [0.1, 0.15) is 31.1 Å². The van der Waals surface area contributed by atoms with Crippen LogP contribution in [0, 0.1) is 0 Å². The summed E-state index contributed by atoms with van der Waals surface area (Å²) in [5.41, 5.74) is 6.08. The second kappa shape index (κ2) is 6.72. The highest BCUT2D eigenvalue weighted by molar-refractivity contribution is 7.80. The first-order chi connectivity index (χ1) is 9.10. The second-order valence-corrected chi connectivity index (χ2v) is 6.59. The first kappa shape index (κ1) is 17.2. The molecule has 0 heterocycles. The molecule has 0 aliphatic carbocycles. The lowest BCUT2D eigenvalue weighted by Crippen LogP contribution is -2.39. The average Bonchev–Trinajstić information content (AvgIpc) is 2.29. The van der Waals surface area contributed by atoms with Crippen molar-refractivity contribution in [2.45, 2.75) is 26.3 Å². The number of hydrogen-bond donors (Lipinski definition) is 3. The van der Waals surface area contributed by atoms with Crippen molar-refractivity contribution in [2.75, 3.05) is 11.9 Å². The van der Waals surface area contributed by atoms with Gasteiger partial charge < -0.3 is 16.4 Å². The van der Waals surface area contributed by atoms with Crippen molar-refractivity contribution in [1.29, 1.82) is 0 Å². The van der Waals surface area contributed by atoms with E-state index in [-0.39, 0.29) is 23.0 Å². The number of carbonyl (C=O) groups excluding carboxylic acids is 1. The van der Waals surface area contributed by atoms with Gasteiger partial charge in [-0.15, -0.1) is 0 Å². The molecule has 0 aliphatic heterocycles. The minimum Gasteiger partial charge on any atom is -0.376 e. The molecule has 0 aromatic heterocycles. The summed E-state index contributed by atoms with van der Waals surface area (Å²) >= 11 is 16.9. The van der Waals surface area contributed by atoms with Gasteiger partial charge in [-0.2, -0.15) is 0 Å². The Kier molecular flexibility index (Phi) is 5.77. The van der Waals surface area contributed by atoms with Crippen molar-refractivity contribution >= 4 is 52.0 Å². The third kappa shape index (κ3) is 5.25. The molecule has 1 rings (SSSR count). The van der Waals surface area contributed by atoms with Crippen LogP contribution >= 0.6 is 35.4 Å². The maximum absolute atomic E-state index is 12.1. The molecule has 0 saturated heterocycles. The van der Waals surface area contributed by atoms with Crippen LogP contribution in [0.5, 0.6) is 0 Å². The molecule has 7 heteroatoms. The van der Waals surface area contributed by atoms with Gasteiger partial charge in [-0.05, 0) is 45.1 Å². The number of nitrogens with one attached hydrogen (secondary N) is 2. The summed E-state index contributed by atoms with van der Waals surface area (Å²) in [6.45, 7) is 6.15. The van der Waals surface area contributed by atoms with Gasteiger partial charge >= 0.3 is 0 Å². The molecule has 0 bridgehead atoms. The molecule has 4 nitrogen and oxygen atoms in total. The number of rotatable bonds is 4. The molecule has 0 radical (unpaired) electrons. The Labute approximate surface area is 134 Å². The van der Waals surface area contributed by atoms with Crippen molar-refractivity contribution in [1.82, 2.24) is 5.32 Å². The highest BCUT2D eigenvalue weighted by Crippen LogP contribution is 2.31. The van der Waals surface area contributed by atoms with E-state index < -0.39 is 0 Å². The van der Waals surface area contributed by atoms with Crippen molar-refractivity contribution in [3.8, 4) is 0 Å². The van der Waals surface area contributed by atoms with Crippen molar-refractivity contribution in [2.24, 2.45) is 5.73 Å². The van der Waals surface area contributed by atoms with Crippen LogP contribution in [0.25, 0.3) is 0 Å². The largest absolute Gasteiger partial charge is 0.376 e. The van der Waals surface area contributed by atoms with Crippen molar-refractivity contribution in [3.05, 3.63) is 27.7 Å². The minimum atomic E-state index is -0.142. The Hall–Kier alpha value is -0.880. The van der Waals surface area contributed by atoms with Gasteiger partial charge in [-0.1, -0.05) is 23.2 Å². The third-order valence-corrected chi connectivity index (χ3v) is 3.09. The summed E-state index contributed by atoms with van der Waals surface area (Å²) in [6, 6.07) is 3.08. The van der Waals surface area contributed by atoms with Gasteiger partial charge in [-0.25, -0.2) is 0 Å². The molecule has 0 fully saturated rings. The molecule has 0 aliphatic rings. The standard InChI is InChI=1S/C13H17Cl2N3OS/c1-13(2,3)17-6-10(19)7-4-8(14)11(9(15)5-7)18-12(16)20/h4-5,17H,6H2,1-3H3,(H3,16,18,20). The van der Waals surface area contributed by atoms with Crippen molar-refractivity contribution in [3.63, 3.8) is 0 Å². The molecule has 0 saturated carbocycles. The van der Waals surface area contributed by atoms with Crippen LogP contribution in [0.2, 0.25) is 10.0 Å². The van der Waals surface area contributed by atoms with Crippen LogP contribution in [0.15, 0.2) is 12.1 Å². The molecular formula is C13H17Cl2N3OS. The van der Waals surface area contributed by atoms with Gasteiger partial charge in [0, 0.05) is 11.1 Å². The number of Topliss-reactive ketones (excluding diaryl/α,β-unsaturated/α-hetero) is 1. The number of carbonyl (C=O) groups is 1. The summed E-state index contributed by atoms with van der Waals surface area (Å²) in [7, 11) is 0. The Morgan fingerprint density at radius 2 is 1.80 bits per heavy atom. The Bertz CT molecular complexity index is 518. The maximum atomic E-state index is 12.1. The molecule has 4 N–H and O–H groups in total. The summed E-state index contributed by atoms with van der Waals surface area (Å²) in [5.74, 6) is -0.0920. The molecule has 0 spiro atoms. The Morgan fingerprint density at radius 3 is 2.20 bits per heavy atom. The molecular weight excluding hydrogens is 317 g/mol. The van der Waals surface area contributed by atoms with Crippen LogP contribution in [-0.4, -0.2) is 23.0 Å². The minimum absolute atomic E-state index is 0.0577. The monoisotopic (exact) mass is 333 g/mol. The molecule has 0 amide bonds. The second-order valence-electron chi connectivity index (χ2n) is 5.33. The maximum Gasteiger partial charge on any atom is 0.176 e. The van der Waals surface area contributed by atoms with E-state index in [9.17, 15) is 4.79 Å². The van der Waals surface area contributed by atoms with E-state index in [0.29, 0.717) is 21.3 Å². The number of ketones is 1. The zero-order valence-corrected chi connectivity index (χ0v) is 13.8. The van der Waals surface area contributed by atoms with E-state index >= 15 is 0 Å². The number of halogens is 2. The van der Waals surface area contributed by atoms with Crippen LogP contribution in [0.3, 0.4) is 0 Å². The van der Waals surface area contributed by atoms with E-state index in [0.717, 1.165) is 0 Å². The van der Waals surface area contributed by atoms with Crippen LogP contribution in [0.4, 0.5) is 5.69 Å². The normalized spacial score (nSPS) is 11.2. The van der Waals surface area contributed by atoms with Gasteiger partial charge in [0.2, 0.25) is 0 Å². The highest BCUT2D eigenvalue weighted by atomic mass is 35.5. The Morgan fingerprint density at radius 1 is 1.30 bits per heavy atom. The molecule has 1 aromatic carbocycles. The summed E-state index contributed by atoms with van der Waals surface area (Å²) < 4.78 is 0. The van der Waals surface area contributed by atoms with Gasteiger partial charge in [0.15, 0.2) is 10.9 Å². The van der Waals surface area contributed by atoms with Crippen LogP contribution in [-0.2, 0) is 0 Å². The molecule has 110 valence electrons. The molecule has 1 aromatic rings. The van der Waals surface area contributed by atoms with Gasteiger partial charge in [0.1, 0.15) is 0 Å². The van der Waals surface area contributed by atoms with E-state index in [4.69, 9.17) is 41.2 Å². The number of benzene rings is 1. The zero-order valence-electron chi connectivity index (χ0n) is 11.5. The first-order valence-corrected chi connectivity index (χ1v) is 7.10. The molecule has 0 unspecified atom stereocenters. The Balaban J connectivity index is 2.93. The van der Waals surface area contributed by atoms with Crippen LogP contribution < -0.4 is 16.4 Å². The zero-order chi connectivity index (χ0) is 15.5. The smallest absolute Gasteiger partial charge is 0.176 e. The fraction of sp³-hybridized carbons (Fsp3) is 0.385. The SMILES string of the molecule is CC(C)(C)NCC(=O)c1cc(Cl)c(NC(N)=S)c(Cl)c1. The molecule has 0 atom stereocenters. The van der Waals surface area contributed by atoms with Gasteiger partial charge in [-0.3, -0.25) is 4.79 Å². The summed E-state index contributed by atoms with van der Waals surface area (Å²) in [5, 5.41) is 6.45. The molecule has 20 heavy (non-hydrogen) atoms.